The highest BCUT2D eigenvalue weighted by molar-refractivity contribution is 4.90. The molecule has 0 N–H and O–H groups in total. The molecule has 50 heavy (non-hydrogen) atoms. The first kappa shape index (κ1) is 50.0. The highest BCUT2D eigenvalue weighted by atomic mass is 15.4. The maximum absolute atomic E-state index is 2.55. The molecule has 0 heterocycles. The van der Waals surface area contributed by atoms with Crippen molar-refractivity contribution in [2.75, 3.05) is 19.6 Å². The molecule has 0 aliphatic carbocycles. The van der Waals surface area contributed by atoms with E-state index in [0.717, 1.165) is 5.92 Å². The summed E-state index contributed by atoms with van der Waals surface area (Å²) in [6.45, 7) is 21.5. The van der Waals surface area contributed by atoms with E-state index in [4.69, 9.17) is 0 Å². The molecule has 0 rings (SSSR count). The van der Waals surface area contributed by atoms with E-state index >= 15 is 0 Å². The van der Waals surface area contributed by atoms with Crippen LogP contribution in [0.3, 0.4) is 0 Å². The standard InChI is InChI=1S/C49H102N/c1-8-15-19-23-27-30-34-38-45-50(46-39-35-31-28-24-20-16-9-2,47-40-36-32-29-25-21-17-10-3)49(43-13-6,44-14-7)48(41-12-5)42-37-33-26-22-18-11-4/h48H,8-47H2,1-7H3/q+1. The SMILES string of the molecule is CCCCCCCCCC[N+](CCCCCCCCCC)(CCCCCCCCCC)C(CCC)(CCC)C(CCC)CCCCCCCC. The molecule has 0 saturated heterocycles. The minimum absolute atomic E-state index is 0.492. The second kappa shape index (κ2) is 37.3. The third-order valence-corrected chi connectivity index (χ3v) is 12.9. The van der Waals surface area contributed by atoms with Crippen LogP contribution in [0.4, 0.5) is 0 Å². The molecule has 0 aromatic heterocycles. The van der Waals surface area contributed by atoms with Crippen molar-refractivity contribution in [2.24, 2.45) is 5.92 Å². The lowest BCUT2D eigenvalue weighted by molar-refractivity contribution is -0.982. The van der Waals surface area contributed by atoms with Crippen LogP contribution in [0, 0.1) is 5.92 Å². The predicted molar refractivity (Wildman–Crippen MR) is 232 cm³/mol. The van der Waals surface area contributed by atoms with Gasteiger partial charge in [0.25, 0.3) is 0 Å². The van der Waals surface area contributed by atoms with E-state index in [1.807, 2.05) is 0 Å². The van der Waals surface area contributed by atoms with Gasteiger partial charge >= 0.3 is 0 Å². The highest BCUT2D eigenvalue weighted by Gasteiger charge is 2.52. The molecule has 0 fully saturated rings. The zero-order chi connectivity index (χ0) is 36.9. The first-order valence-electron chi connectivity index (χ1n) is 24.4. The van der Waals surface area contributed by atoms with E-state index < -0.39 is 0 Å². The molecule has 0 amide bonds. The Kier molecular flexibility index (Phi) is 37.3. The van der Waals surface area contributed by atoms with Gasteiger partial charge in [-0.2, -0.15) is 0 Å². The number of nitrogens with zero attached hydrogens (tertiary/aromatic N) is 1. The van der Waals surface area contributed by atoms with Gasteiger partial charge in [0.15, 0.2) is 0 Å². The normalized spacial score (nSPS) is 13.0. The van der Waals surface area contributed by atoms with Crippen LogP contribution in [0.25, 0.3) is 0 Å². The van der Waals surface area contributed by atoms with Crippen LogP contribution in [0.1, 0.15) is 286 Å². The Balaban J connectivity index is 6.32. The van der Waals surface area contributed by atoms with Crippen LogP contribution in [-0.4, -0.2) is 29.7 Å². The summed E-state index contributed by atoms with van der Waals surface area (Å²) in [6.07, 6.45) is 53.7. The molecular weight excluding hydrogens is 603 g/mol. The number of hydrogen-bond acceptors (Lipinski definition) is 0. The Labute approximate surface area is 320 Å². The van der Waals surface area contributed by atoms with Crippen molar-refractivity contribution in [2.45, 2.75) is 292 Å². The van der Waals surface area contributed by atoms with E-state index in [0.29, 0.717) is 5.54 Å². The molecule has 1 nitrogen and oxygen atoms in total. The summed E-state index contributed by atoms with van der Waals surface area (Å²) < 4.78 is 1.51. The maximum Gasteiger partial charge on any atom is 0.102 e. The Bertz CT molecular complexity index is 583. The lowest BCUT2D eigenvalue weighted by Crippen LogP contribution is -2.68. The van der Waals surface area contributed by atoms with Crippen LogP contribution in [-0.2, 0) is 0 Å². The number of hydrogen-bond donors (Lipinski definition) is 0. The minimum atomic E-state index is 0.492. The van der Waals surface area contributed by atoms with Crippen molar-refractivity contribution in [1.82, 2.24) is 0 Å². The van der Waals surface area contributed by atoms with Crippen LogP contribution in [0.5, 0.6) is 0 Å². The summed E-state index contributed by atoms with van der Waals surface area (Å²) in [4.78, 5) is 0. The third kappa shape index (κ3) is 23.6. The average molecular weight is 705 g/mol. The molecule has 0 aliphatic rings. The van der Waals surface area contributed by atoms with Crippen LogP contribution in [0.15, 0.2) is 0 Å². The second-order valence-electron chi connectivity index (χ2n) is 17.4. The summed E-state index contributed by atoms with van der Waals surface area (Å²) in [5.41, 5.74) is 0.492. The molecule has 1 heteroatoms. The van der Waals surface area contributed by atoms with Crippen molar-refractivity contribution in [1.29, 1.82) is 0 Å². The van der Waals surface area contributed by atoms with E-state index in [1.165, 1.54) is 262 Å². The maximum atomic E-state index is 2.55. The number of quaternary nitrogens is 1. The Hall–Kier alpha value is -0.0400. The van der Waals surface area contributed by atoms with Gasteiger partial charge in [0, 0.05) is 18.8 Å². The Morgan fingerprint density at radius 3 is 0.840 bits per heavy atom. The lowest BCUT2D eigenvalue weighted by Gasteiger charge is -2.58. The Morgan fingerprint density at radius 1 is 0.280 bits per heavy atom. The molecule has 1 unspecified atom stereocenters. The van der Waals surface area contributed by atoms with Crippen molar-refractivity contribution >= 4 is 0 Å². The first-order chi connectivity index (χ1) is 24.6. The van der Waals surface area contributed by atoms with E-state index in [2.05, 4.69) is 48.5 Å². The van der Waals surface area contributed by atoms with Crippen molar-refractivity contribution in [3.05, 3.63) is 0 Å². The highest BCUT2D eigenvalue weighted by Crippen LogP contribution is 2.46. The third-order valence-electron chi connectivity index (χ3n) is 12.9. The van der Waals surface area contributed by atoms with E-state index in [1.54, 1.807) is 0 Å². The van der Waals surface area contributed by atoms with Crippen LogP contribution < -0.4 is 0 Å². The van der Waals surface area contributed by atoms with Gasteiger partial charge in [0.1, 0.15) is 5.54 Å². The number of rotatable bonds is 42. The topological polar surface area (TPSA) is 0 Å². The molecule has 302 valence electrons. The molecule has 0 radical (unpaired) electrons. The molecule has 0 aromatic rings. The summed E-state index contributed by atoms with van der Waals surface area (Å²) in [5, 5.41) is 0. The van der Waals surface area contributed by atoms with Gasteiger partial charge in [-0.25, -0.2) is 0 Å². The number of unbranched alkanes of at least 4 members (excludes halogenated alkanes) is 26. The van der Waals surface area contributed by atoms with Gasteiger partial charge in [-0.15, -0.1) is 0 Å². The van der Waals surface area contributed by atoms with Gasteiger partial charge in [-0.05, 0) is 51.4 Å². The molecule has 0 bridgehead atoms. The molecular formula is C49H102N+. The molecule has 0 saturated carbocycles. The monoisotopic (exact) mass is 705 g/mol. The van der Waals surface area contributed by atoms with Gasteiger partial charge < -0.3 is 4.48 Å². The smallest absolute Gasteiger partial charge is 0.102 e. The van der Waals surface area contributed by atoms with Crippen molar-refractivity contribution < 1.29 is 4.48 Å². The van der Waals surface area contributed by atoms with Crippen molar-refractivity contribution in [3.63, 3.8) is 0 Å². The quantitative estimate of drug-likeness (QED) is 0.0438. The van der Waals surface area contributed by atoms with Crippen LogP contribution >= 0.6 is 0 Å². The fourth-order valence-electron chi connectivity index (χ4n) is 10.1. The van der Waals surface area contributed by atoms with Crippen molar-refractivity contribution in [3.8, 4) is 0 Å². The summed E-state index contributed by atoms with van der Waals surface area (Å²) >= 11 is 0. The molecule has 0 spiro atoms. The fourth-order valence-corrected chi connectivity index (χ4v) is 10.1. The first-order valence-corrected chi connectivity index (χ1v) is 24.4. The zero-order valence-corrected chi connectivity index (χ0v) is 36.8. The second-order valence-corrected chi connectivity index (χ2v) is 17.4. The average Bonchev–Trinajstić information content (AvgIpc) is 3.12. The zero-order valence-electron chi connectivity index (χ0n) is 36.8. The van der Waals surface area contributed by atoms with Gasteiger partial charge in [-0.1, -0.05) is 222 Å². The Morgan fingerprint density at radius 2 is 0.560 bits per heavy atom. The van der Waals surface area contributed by atoms with E-state index in [9.17, 15) is 0 Å². The van der Waals surface area contributed by atoms with E-state index in [-0.39, 0.29) is 0 Å². The van der Waals surface area contributed by atoms with Gasteiger partial charge in [0.2, 0.25) is 0 Å². The lowest BCUT2D eigenvalue weighted by atomic mass is 9.69. The van der Waals surface area contributed by atoms with Gasteiger partial charge in [0.05, 0.1) is 19.6 Å². The predicted octanol–water partition coefficient (Wildman–Crippen LogP) is 17.7. The minimum Gasteiger partial charge on any atom is -0.319 e. The largest absolute Gasteiger partial charge is 0.319 e. The summed E-state index contributed by atoms with van der Waals surface area (Å²) in [5.74, 6) is 0.913. The van der Waals surface area contributed by atoms with Crippen LogP contribution in [0.2, 0.25) is 0 Å². The van der Waals surface area contributed by atoms with Gasteiger partial charge in [-0.3, -0.25) is 0 Å². The summed E-state index contributed by atoms with van der Waals surface area (Å²) in [7, 11) is 0. The fraction of sp³-hybridized carbons (Fsp3) is 1.00. The molecule has 0 aliphatic heterocycles. The summed E-state index contributed by atoms with van der Waals surface area (Å²) in [6, 6.07) is 0. The molecule has 0 aromatic carbocycles. The molecule has 1 atom stereocenters.